The van der Waals surface area contributed by atoms with Gasteiger partial charge in [0.25, 0.3) is 5.70 Å². The first-order chi connectivity index (χ1) is 9.45. The first-order valence-electron chi connectivity index (χ1n) is 7.21. The van der Waals surface area contributed by atoms with Crippen LogP contribution in [0.5, 0.6) is 0 Å². The molecular formula is C13H21N3O4. The summed E-state index contributed by atoms with van der Waals surface area (Å²) in [5.41, 5.74) is 0.183. The van der Waals surface area contributed by atoms with Crippen molar-refractivity contribution in [3.8, 4) is 0 Å². The van der Waals surface area contributed by atoms with Gasteiger partial charge in [-0.3, -0.25) is 20.2 Å². The number of hydrogen-bond donors (Lipinski definition) is 0. The second-order valence-electron chi connectivity index (χ2n) is 5.81. The fraction of sp³-hybridized carbons (Fsp3) is 0.846. The molecule has 1 aliphatic heterocycles. The molecule has 1 heterocycles. The highest BCUT2D eigenvalue weighted by Crippen LogP contribution is 2.44. The monoisotopic (exact) mass is 283 g/mol. The van der Waals surface area contributed by atoms with Gasteiger partial charge in [0.2, 0.25) is 6.04 Å². The number of rotatable bonds is 6. The van der Waals surface area contributed by atoms with Gasteiger partial charge in [0, 0.05) is 23.8 Å². The van der Waals surface area contributed by atoms with E-state index in [0.29, 0.717) is 18.8 Å². The maximum absolute atomic E-state index is 11.2. The van der Waals surface area contributed by atoms with Gasteiger partial charge in [0.05, 0.1) is 17.2 Å². The normalized spacial score (nSPS) is 27.9. The molecule has 0 aromatic carbocycles. The summed E-state index contributed by atoms with van der Waals surface area (Å²) in [4.78, 5) is 23.5. The third-order valence-corrected chi connectivity index (χ3v) is 4.45. The molecule has 4 atom stereocenters. The standard InChI is InChI=1S/C13H21N3O4/c1-3-4-12(16(19)20)9(2)14-8-11(15(17)18)6-5-10-7-13(10)14/h8-10,12-13H,3-7H2,1-2H3/t9?,10?,12-,13?/m1/s1. The fourth-order valence-corrected chi connectivity index (χ4v) is 3.15. The van der Waals surface area contributed by atoms with E-state index in [-0.39, 0.29) is 27.6 Å². The van der Waals surface area contributed by atoms with E-state index in [2.05, 4.69) is 0 Å². The van der Waals surface area contributed by atoms with Crippen molar-refractivity contribution in [1.82, 2.24) is 4.90 Å². The Kier molecular flexibility index (Phi) is 4.25. The zero-order valence-corrected chi connectivity index (χ0v) is 11.9. The summed E-state index contributed by atoms with van der Waals surface area (Å²) in [6.45, 7) is 3.74. The van der Waals surface area contributed by atoms with Crippen LogP contribution in [-0.2, 0) is 0 Å². The van der Waals surface area contributed by atoms with E-state index in [9.17, 15) is 20.2 Å². The van der Waals surface area contributed by atoms with Crippen molar-refractivity contribution in [1.29, 1.82) is 0 Å². The van der Waals surface area contributed by atoms with Crippen molar-refractivity contribution in [2.75, 3.05) is 0 Å². The van der Waals surface area contributed by atoms with Gasteiger partial charge in [-0.25, -0.2) is 0 Å². The summed E-state index contributed by atoms with van der Waals surface area (Å²) in [7, 11) is 0. The van der Waals surface area contributed by atoms with Crippen LogP contribution in [0, 0.1) is 26.1 Å². The fourth-order valence-electron chi connectivity index (χ4n) is 3.15. The molecule has 1 saturated carbocycles. The summed E-state index contributed by atoms with van der Waals surface area (Å²) >= 11 is 0. The minimum atomic E-state index is -0.663. The van der Waals surface area contributed by atoms with Gasteiger partial charge in [-0.15, -0.1) is 0 Å². The van der Waals surface area contributed by atoms with E-state index in [1.54, 1.807) is 6.20 Å². The van der Waals surface area contributed by atoms with E-state index in [1.165, 1.54) is 0 Å². The minimum absolute atomic E-state index is 0.183. The molecule has 0 radical (unpaired) electrons. The molecule has 0 amide bonds. The van der Waals surface area contributed by atoms with Crippen molar-refractivity contribution in [3.63, 3.8) is 0 Å². The van der Waals surface area contributed by atoms with Crippen molar-refractivity contribution >= 4 is 0 Å². The van der Waals surface area contributed by atoms with E-state index < -0.39 is 6.04 Å². The molecule has 0 bridgehead atoms. The van der Waals surface area contributed by atoms with Gasteiger partial charge in [0.15, 0.2) is 0 Å². The Bertz CT molecular complexity index is 437. The molecule has 0 saturated heterocycles. The highest BCUT2D eigenvalue weighted by atomic mass is 16.6. The van der Waals surface area contributed by atoms with Crippen LogP contribution in [0.4, 0.5) is 0 Å². The van der Waals surface area contributed by atoms with Crippen molar-refractivity contribution in [2.24, 2.45) is 5.92 Å². The Morgan fingerprint density at radius 1 is 1.45 bits per heavy atom. The molecule has 20 heavy (non-hydrogen) atoms. The van der Waals surface area contributed by atoms with Crippen LogP contribution in [0.3, 0.4) is 0 Å². The Balaban J connectivity index is 2.20. The molecule has 0 aromatic rings. The highest BCUT2D eigenvalue weighted by molar-refractivity contribution is 5.09. The van der Waals surface area contributed by atoms with Crippen LogP contribution in [0.2, 0.25) is 0 Å². The summed E-state index contributed by atoms with van der Waals surface area (Å²) < 4.78 is 0. The van der Waals surface area contributed by atoms with Gasteiger partial charge < -0.3 is 4.90 Å². The predicted octanol–water partition coefficient (Wildman–Crippen LogP) is 2.42. The van der Waals surface area contributed by atoms with Crippen LogP contribution in [-0.4, -0.2) is 32.9 Å². The lowest BCUT2D eigenvalue weighted by molar-refractivity contribution is -0.530. The second-order valence-corrected chi connectivity index (χ2v) is 5.81. The largest absolute Gasteiger partial charge is 0.359 e. The highest BCUT2D eigenvalue weighted by Gasteiger charge is 2.47. The molecule has 0 aromatic heterocycles. The molecule has 112 valence electrons. The Morgan fingerprint density at radius 3 is 2.70 bits per heavy atom. The second kappa shape index (κ2) is 5.76. The van der Waals surface area contributed by atoms with Gasteiger partial charge >= 0.3 is 0 Å². The van der Waals surface area contributed by atoms with Crippen molar-refractivity contribution < 1.29 is 9.85 Å². The topological polar surface area (TPSA) is 89.5 Å². The number of hydrogen-bond acceptors (Lipinski definition) is 5. The Hall–Kier alpha value is -1.66. The summed E-state index contributed by atoms with van der Waals surface area (Å²) in [5.74, 6) is 0.459. The molecule has 1 fully saturated rings. The summed E-state index contributed by atoms with van der Waals surface area (Å²) in [6, 6.07) is -0.710. The lowest BCUT2D eigenvalue weighted by atomic mass is 10.0. The number of fused-ring (bicyclic) bond motifs is 1. The Labute approximate surface area is 117 Å². The average molecular weight is 283 g/mol. The Morgan fingerprint density at radius 2 is 2.15 bits per heavy atom. The van der Waals surface area contributed by atoms with E-state index >= 15 is 0 Å². The molecule has 1 aliphatic carbocycles. The average Bonchev–Trinajstić information content (AvgIpc) is 3.13. The van der Waals surface area contributed by atoms with Crippen LogP contribution >= 0.6 is 0 Å². The third kappa shape index (κ3) is 2.91. The molecule has 2 rings (SSSR count). The number of nitro groups is 2. The van der Waals surface area contributed by atoms with Crippen LogP contribution in [0.25, 0.3) is 0 Å². The molecule has 0 N–H and O–H groups in total. The zero-order chi connectivity index (χ0) is 14.9. The van der Waals surface area contributed by atoms with Crippen LogP contribution in [0.1, 0.15) is 46.0 Å². The van der Waals surface area contributed by atoms with Gasteiger partial charge in [-0.05, 0) is 32.1 Å². The predicted molar refractivity (Wildman–Crippen MR) is 73.2 cm³/mol. The van der Waals surface area contributed by atoms with E-state index in [1.807, 2.05) is 18.7 Å². The molecule has 0 spiro atoms. The lowest BCUT2D eigenvalue weighted by Gasteiger charge is -2.29. The quantitative estimate of drug-likeness (QED) is 0.551. The molecule has 3 unspecified atom stereocenters. The van der Waals surface area contributed by atoms with Crippen molar-refractivity contribution in [3.05, 3.63) is 32.1 Å². The van der Waals surface area contributed by atoms with E-state index in [0.717, 1.165) is 19.3 Å². The number of allylic oxidation sites excluding steroid dienone is 1. The van der Waals surface area contributed by atoms with Crippen LogP contribution < -0.4 is 0 Å². The molecule has 7 heteroatoms. The maximum atomic E-state index is 11.2. The van der Waals surface area contributed by atoms with Gasteiger partial charge in [-0.1, -0.05) is 6.92 Å². The molecular weight excluding hydrogens is 262 g/mol. The minimum Gasteiger partial charge on any atom is -0.359 e. The number of nitrogens with zero attached hydrogens (tertiary/aromatic N) is 3. The molecule has 2 aliphatic rings. The van der Waals surface area contributed by atoms with E-state index in [4.69, 9.17) is 0 Å². The lowest BCUT2D eigenvalue weighted by Crippen LogP contribution is -2.44. The van der Waals surface area contributed by atoms with Crippen LogP contribution in [0.15, 0.2) is 11.9 Å². The summed E-state index contributed by atoms with van der Waals surface area (Å²) in [6.07, 6.45) is 5.09. The first-order valence-corrected chi connectivity index (χ1v) is 7.21. The van der Waals surface area contributed by atoms with Crippen molar-refractivity contribution in [2.45, 2.75) is 64.1 Å². The SMILES string of the molecule is CCC[C@H](C(C)N1C=C([N+](=O)[O-])CCC2CC21)[N+](=O)[O-]. The first kappa shape index (κ1) is 14.7. The maximum Gasteiger partial charge on any atom is 0.261 e. The third-order valence-electron chi connectivity index (χ3n) is 4.45. The molecule has 7 nitrogen and oxygen atoms in total. The van der Waals surface area contributed by atoms with Gasteiger partial charge in [-0.2, -0.15) is 0 Å². The van der Waals surface area contributed by atoms with Gasteiger partial charge in [0.1, 0.15) is 0 Å². The smallest absolute Gasteiger partial charge is 0.261 e. The summed E-state index contributed by atoms with van der Waals surface area (Å²) in [5, 5.41) is 22.2. The zero-order valence-electron chi connectivity index (χ0n) is 11.9.